The third-order valence-electron chi connectivity index (χ3n) is 4.03. The van der Waals surface area contributed by atoms with Crippen LogP contribution in [0.1, 0.15) is 57.8 Å². The van der Waals surface area contributed by atoms with Gasteiger partial charge in [0.25, 0.3) is 0 Å². The van der Waals surface area contributed by atoms with Crippen molar-refractivity contribution in [3.8, 4) is 0 Å². The summed E-state index contributed by atoms with van der Waals surface area (Å²) in [5, 5.41) is 0. The molecule has 0 amide bonds. The van der Waals surface area contributed by atoms with Crippen LogP contribution in [-0.2, 0) is 4.79 Å². The fourth-order valence-corrected chi connectivity index (χ4v) is 3.15. The fourth-order valence-electron chi connectivity index (χ4n) is 3.15. The van der Waals surface area contributed by atoms with Crippen LogP contribution in [0.4, 0.5) is 0 Å². The lowest BCUT2D eigenvalue weighted by Gasteiger charge is -2.41. The topological polar surface area (TPSA) is 43.1 Å². The van der Waals surface area contributed by atoms with Gasteiger partial charge in [-0.2, -0.15) is 0 Å². The van der Waals surface area contributed by atoms with Crippen LogP contribution in [0.15, 0.2) is 0 Å². The normalized spacial score (nSPS) is 30.7. The number of halogens is 1. The number of ketones is 1. The van der Waals surface area contributed by atoms with Crippen LogP contribution in [0.3, 0.4) is 0 Å². The zero-order valence-corrected chi connectivity index (χ0v) is 10.2. The quantitative estimate of drug-likeness (QED) is 0.754. The Morgan fingerprint density at radius 1 is 1.07 bits per heavy atom. The van der Waals surface area contributed by atoms with Crippen LogP contribution in [0.2, 0.25) is 0 Å². The molecule has 3 heteroatoms. The summed E-state index contributed by atoms with van der Waals surface area (Å²) in [7, 11) is 0. The maximum atomic E-state index is 11.8. The molecule has 2 nitrogen and oxygen atoms in total. The molecule has 0 spiro atoms. The Morgan fingerprint density at radius 3 is 2.33 bits per heavy atom. The number of carbonyl (C=O) groups is 1. The smallest absolute Gasteiger partial charge is 0.137 e. The molecule has 1 unspecified atom stereocenters. The van der Waals surface area contributed by atoms with Gasteiger partial charge in [0.1, 0.15) is 5.78 Å². The van der Waals surface area contributed by atoms with Gasteiger partial charge in [0.15, 0.2) is 0 Å². The molecule has 88 valence electrons. The maximum Gasteiger partial charge on any atom is 0.137 e. The molecule has 0 aromatic heterocycles. The van der Waals surface area contributed by atoms with Crippen molar-refractivity contribution in [2.75, 3.05) is 0 Å². The predicted octanol–water partition coefficient (Wildman–Crippen LogP) is 2.83. The zero-order chi connectivity index (χ0) is 10.0. The van der Waals surface area contributed by atoms with Crippen molar-refractivity contribution in [3.63, 3.8) is 0 Å². The highest BCUT2D eigenvalue weighted by Crippen LogP contribution is 2.38. The number of hydrogen-bond acceptors (Lipinski definition) is 2. The Bertz CT molecular complexity index is 224. The summed E-state index contributed by atoms with van der Waals surface area (Å²) in [4.78, 5) is 11.8. The first-order valence-electron chi connectivity index (χ1n) is 6.04. The molecule has 0 bridgehead atoms. The highest BCUT2D eigenvalue weighted by atomic mass is 35.5. The van der Waals surface area contributed by atoms with Gasteiger partial charge >= 0.3 is 0 Å². The molecule has 2 aliphatic carbocycles. The third-order valence-corrected chi connectivity index (χ3v) is 4.03. The molecular weight excluding hydrogens is 210 g/mol. The minimum absolute atomic E-state index is 0. The van der Waals surface area contributed by atoms with Gasteiger partial charge in [-0.15, -0.1) is 12.4 Å². The van der Waals surface area contributed by atoms with E-state index in [9.17, 15) is 4.79 Å². The molecule has 1 atom stereocenters. The van der Waals surface area contributed by atoms with E-state index in [1.54, 1.807) is 0 Å². The number of nitrogens with two attached hydrogens (primary N) is 1. The highest BCUT2D eigenvalue weighted by Gasteiger charge is 2.40. The Labute approximate surface area is 98.4 Å². The summed E-state index contributed by atoms with van der Waals surface area (Å²) in [6.07, 6.45) is 10.0. The minimum atomic E-state index is -0.129. The second-order valence-corrected chi connectivity index (χ2v) is 5.06. The standard InChI is InChI=1S/C12H21NO.ClH/c13-12(8-4-1-5-9-12)10-6-2-3-7-11(10)14;/h10H,1-9,13H2;1H. The van der Waals surface area contributed by atoms with Crippen molar-refractivity contribution < 1.29 is 4.79 Å². The molecule has 2 N–H and O–H groups in total. The van der Waals surface area contributed by atoms with E-state index in [1.165, 1.54) is 25.7 Å². The van der Waals surface area contributed by atoms with Crippen molar-refractivity contribution >= 4 is 18.2 Å². The van der Waals surface area contributed by atoms with Gasteiger partial charge in [-0.3, -0.25) is 4.79 Å². The average molecular weight is 232 g/mol. The van der Waals surface area contributed by atoms with E-state index < -0.39 is 0 Å². The van der Waals surface area contributed by atoms with Gasteiger partial charge < -0.3 is 5.73 Å². The Balaban J connectivity index is 0.00000112. The Hall–Kier alpha value is -0.0800. The number of carbonyl (C=O) groups excluding carboxylic acids is 1. The van der Waals surface area contributed by atoms with E-state index in [0.29, 0.717) is 5.78 Å². The SMILES string of the molecule is Cl.NC1(C2CCCCC2=O)CCCCC1. The minimum Gasteiger partial charge on any atom is -0.324 e. The summed E-state index contributed by atoms with van der Waals surface area (Å²) in [6.45, 7) is 0. The molecule has 2 aliphatic rings. The fraction of sp³-hybridized carbons (Fsp3) is 0.917. The lowest BCUT2D eigenvalue weighted by Crippen LogP contribution is -2.52. The van der Waals surface area contributed by atoms with Gasteiger partial charge in [0, 0.05) is 17.9 Å². The number of Topliss-reactive ketones (excluding diaryl/α,β-unsaturated/α-hetero) is 1. The molecule has 2 rings (SSSR count). The first-order valence-corrected chi connectivity index (χ1v) is 6.04. The van der Waals surface area contributed by atoms with Gasteiger partial charge in [-0.1, -0.05) is 25.7 Å². The van der Waals surface area contributed by atoms with E-state index in [-0.39, 0.29) is 23.9 Å². The van der Waals surface area contributed by atoms with Gasteiger partial charge in [-0.05, 0) is 25.7 Å². The van der Waals surface area contributed by atoms with E-state index in [2.05, 4.69) is 0 Å². The van der Waals surface area contributed by atoms with Crippen molar-refractivity contribution in [1.82, 2.24) is 0 Å². The van der Waals surface area contributed by atoms with Crippen molar-refractivity contribution in [1.29, 1.82) is 0 Å². The average Bonchev–Trinajstić information content (AvgIpc) is 2.19. The van der Waals surface area contributed by atoms with Gasteiger partial charge in [0.2, 0.25) is 0 Å². The van der Waals surface area contributed by atoms with Gasteiger partial charge in [0.05, 0.1) is 0 Å². The van der Waals surface area contributed by atoms with Crippen LogP contribution in [0.25, 0.3) is 0 Å². The van der Waals surface area contributed by atoms with Gasteiger partial charge in [-0.25, -0.2) is 0 Å². The Morgan fingerprint density at radius 2 is 1.73 bits per heavy atom. The number of rotatable bonds is 1. The molecule has 0 radical (unpaired) electrons. The second-order valence-electron chi connectivity index (χ2n) is 5.06. The Kier molecular flexibility index (Phi) is 4.60. The van der Waals surface area contributed by atoms with E-state index >= 15 is 0 Å². The molecule has 0 aromatic rings. The summed E-state index contributed by atoms with van der Waals surface area (Å²) in [5.41, 5.74) is 6.27. The summed E-state index contributed by atoms with van der Waals surface area (Å²) >= 11 is 0. The molecule has 0 aromatic carbocycles. The highest BCUT2D eigenvalue weighted by molar-refractivity contribution is 5.85. The molecule has 2 saturated carbocycles. The third kappa shape index (κ3) is 2.73. The lowest BCUT2D eigenvalue weighted by molar-refractivity contribution is -0.127. The molecule has 2 fully saturated rings. The van der Waals surface area contributed by atoms with Crippen LogP contribution in [0.5, 0.6) is 0 Å². The summed E-state index contributed by atoms with van der Waals surface area (Å²) in [5.74, 6) is 0.636. The maximum absolute atomic E-state index is 11.8. The van der Waals surface area contributed by atoms with Crippen LogP contribution in [0, 0.1) is 5.92 Å². The molecule has 0 heterocycles. The van der Waals surface area contributed by atoms with Crippen molar-refractivity contribution in [2.45, 2.75) is 63.3 Å². The molecular formula is C12H22ClNO. The first-order chi connectivity index (χ1) is 6.72. The van der Waals surface area contributed by atoms with E-state index in [1.807, 2.05) is 0 Å². The van der Waals surface area contributed by atoms with Crippen molar-refractivity contribution in [2.24, 2.45) is 11.7 Å². The first kappa shape index (κ1) is 13.0. The predicted molar refractivity (Wildman–Crippen MR) is 64.2 cm³/mol. The van der Waals surface area contributed by atoms with Crippen LogP contribution >= 0.6 is 12.4 Å². The monoisotopic (exact) mass is 231 g/mol. The second kappa shape index (κ2) is 5.31. The van der Waals surface area contributed by atoms with Crippen LogP contribution in [-0.4, -0.2) is 11.3 Å². The van der Waals surface area contributed by atoms with E-state index in [0.717, 1.165) is 32.1 Å². The van der Waals surface area contributed by atoms with E-state index in [4.69, 9.17) is 5.73 Å². The molecule has 0 saturated heterocycles. The largest absolute Gasteiger partial charge is 0.324 e. The molecule has 0 aliphatic heterocycles. The van der Waals surface area contributed by atoms with Crippen LogP contribution < -0.4 is 5.73 Å². The van der Waals surface area contributed by atoms with Crippen molar-refractivity contribution in [3.05, 3.63) is 0 Å². The lowest BCUT2D eigenvalue weighted by atomic mass is 9.67. The summed E-state index contributed by atoms with van der Waals surface area (Å²) in [6, 6.07) is 0. The summed E-state index contributed by atoms with van der Waals surface area (Å²) < 4.78 is 0. The zero-order valence-electron chi connectivity index (χ0n) is 9.34. The number of hydrogen-bond donors (Lipinski definition) is 1. The molecule has 15 heavy (non-hydrogen) atoms.